The minimum Gasteiger partial charge on any atom is -1.00 e. The van der Waals surface area contributed by atoms with Crippen LogP contribution in [0.2, 0.25) is 0 Å². The van der Waals surface area contributed by atoms with Crippen molar-refractivity contribution >= 4 is 47.5 Å². The Balaban J connectivity index is 0.000000377. The van der Waals surface area contributed by atoms with E-state index in [1.165, 1.54) is 87.6 Å². The second-order valence-electron chi connectivity index (χ2n) is 18.0. The summed E-state index contributed by atoms with van der Waals surface area (Å²) in [5, 5.41) is 8.33. The van der Waals surface area contributed by atoms with Gasteiger partial charge < -0.3 is 24.8 Å². The van der Waals surface area contributed by atoms with Gasteiger partial charge in [0.15, 0.2) is 0 Å². The minimum atomic E-state index is 0. The van der Waals surface area contributed by atoms with Crippen LogP contribution in [0.5, 0.6) is 0 Å². The Hall–Kier alpha value is -4.17. The van der Waals surface area contributed by atoms with Crippen molar-refractivity contribution in [3.8, 4) is 22.3 Å². The number of fused-ring (bicyclic) bond motifs is 4. The Bertz CT molecular complexity index is 2660. The molecule has 1 atom stereocenters. The molecule has 4 heteroatoms. The summed E-state index contributed by atoms with van der Waals surface area (Å²) in [6, 6.07) is 62.5. The average molecular weight is 930 g/mol. The van der Waals surface area contributed by atoms with E-state index in [4.69, 9.17) is 0 Å². The van der Waals surface area contributed by atoms with Gasteiger partial charge >= 0.3 is 26.2 Å². The van der Waals surface area contributed by atoms with Crippen LogP contribution in [0.4, 0.5) is 0 Å². The van der Waals surface area contributed by atoms with Crippen LogP contribution in [0.3, 0.4) is 0 Å². The van der Waals surface area contributed by atoms with E-state index in [1.807, 2.05) is 0 Å². The summed E-state index contributed by atoms with van der Waals surface area (Å²) in [4.78, 5) is 0. The van der Waals surface area contributed by atoms with E-state index in [1.54, 1.807) is 0 Å². The van der Waals surface area contributed by atoms with Crippen molar-refractivity contribution in [3.05, 3.63) is 203 Å². The maximum Gasteiger partial charge on any atom is 3.00 e. The maximum absolute atomic E-state index is 2.54. The molecule has 1 aliphatic rings. The van der Waals surface area contributed by atoms with Gasteiger partial charge in [-0.3, -0.25) is 0 Å². The van der Waals surface area contributed by atoms with Crippen molar-refractivity contribution in [2.45, 2.75) is 78.1 Å². The third-order valence-electron chi connectivity index (χ3n) is 11.7. The van der Waals surface area contributed by atoms with Crippen LogP contribution in [0.25, 0.3) is 49.9 Å². The molecule has 61 heavy (non-hydrogen) atoms. The molecule has 0 saturated carbocycles. The number of rotatable bonds is 7. The van der Waals surface area contributed by atoms with Crippen molar-refractivity contribution in [2.24, 2.45) is 0 Å². The molecular formula is C57H55Cl2SiZr. The van der Waals surface area contributed by atoms with Crippen LogP contribution in [-0.4, -0.2) is 9.52 Å². The number of hydrogen-bond acceptors (Lipinski definition) is 0. The maximum atomic E-state index is 2.54. The standard InChI is InChI=1S/C45H45.C12H10Si.2ClH.Zr/c1-8-13-33-25-39-36(31-20-18-30(19-21-31)29-14-10-9-11-15-29)16-12-17-37(39)43(33)42-28-35(45(5,6)7)27-41-38-26-34(44(2,3)4)23-22-32(38)24-40(41)42;1-3-7-11(8-4-1)13-12-9-5-2-6-10-12;;;/h9-12,14-28,43H,8,13H2,1-7H3;1-10H;2*1H;/q-1;;;;+3/p-2. The third-order valence-corrected chi connectivity index (χ3v) is 13.0. The quantitative estimate of drug-likeness (QED) is 0.112. The molecule has 0 aromatic heterocycles. The van der Waals surface area contributed by atoms with Crippen LogP contribution in [0.15, 0.2) is 175 Å². The predicted octanol–water partition coefficient (Wildman–Crippen LogP) is 8.32. The van der Waals surface area contributed by atoms with Gasteiger partial charge in [-0.1, -0.05) is 251 Å². The predicted molar refractivity (Wildman–Crippen MR) is 254 cm³/mol. The zero-order chi connectivity index (χ0) is 40.4. The zero-order valence-electron chi connectivity index (χ0n) is 36.5. The van der Waals surface area contributed by atoms with E-state index in [9.17, 15) is 0 Å². The Morgan fingerprint density at radius 2 is 1.07 bits per heavy atom. The van der Waals surface area contributed by atoms with Gasteiger partial charge in [-0.05, 0) is 50.6 Å². The van der Waals surface area contributed by atoms with Gasteiger partial charge in [-0.25, -0.2) is 0 Å². The van der Waals surface area contributed by atoms with Crippen molar-refractivity contribution < 1.29 is 51.0 Å². The summed E-state index contributed by atoms with van der Waals surface area (Å²) in [5.41, 5.74) is 13.9. The van der Waals surface area contributed by atoms with Crippen LogP contribution >= 0.6 is 0 Å². The van der Waals surface area contributed by atoms with Crippen molar-refractivity contribution in [1.82, 2.24) is 0 Å². The van der Waals surface area contributed by atoms with Gasteiger partial charge in [0.05, 0.1) is 0 Å². The molecule has 305 valence electrons. The monoisotopic (exact) mass is 927 g/mol. The molecule has 0 bridgehead atoms. The normalized spacial score (nSPS) is 13.2. The van der Waals surface area contributed by atoms with Gasteiger partial charge in [0, 0.05) is 5.92 Å². The number of benzene rings is 7. The summed E-state index contributed by atoms with van der Waals surface area (Å²) in [5.74, 6) is 0.257. The Labute approximate surface area is 399 Å². The fourth-order valence-electron chi connectivity index (χ4n) is 8.54. The van der Waals surface area contributed by atoms with Gasteiger partial charge in [-0.15, -0.1) is 33.7 Å². The number of hydrogen-bond donors (Lipinski definition) is 0. The van der Waals surface area contributed by atoms with Gasteiger partial charge in [0.25, 0.3) is 0 Å². The summed E-state index contributed by atoms with van der Waals surface area (Å²) in [6.45, 7) is 16.3. The number of halogens is 2. The molecule has 1 unspecified atom stereocenters. The summed E-state index contributed by atoms with van der Waals surface area (Å²) in [7, 11) is 0.777. The first-order valence-electron chi connectivity index (χ1n) is 21.0. The summed E-state index contributed by atoms with van der Waals surface area (Å²) >= 11 is 0. The van der Waals surface area contributed by atoms with Crippen LogP contribution < -0.4 is 35.2 Å². The fourth-order valence-corrected chi connectivity index (χ4v) is 9.59. The molecule has 8 aromatic carbocycles. The van der Waals surface area contributed by atoms with Gasteiger partial charge in [-0.2, -0.15) is 0 Å². The third kappa shape index (κ3) is 10.6. The van der Waals surface area contributed by atoms with Crippen molar-refractivity contribution in [2.75, 3.05) is 0 Å². The molecule has 0 nitrogen and oxygen atoms in total. The Kier molecular flexibility index (Phi) is 16.0. The Morgan fingerprint density at radius 3 is 1.64 bits per heavy atom. The summed E-state index contributed by atoms with van der Waals surface area (Å²) in [6.07, 6.45) is 4.76. The van der Waals surface area contributed by atoms with E-state index < -0.39 is 0 Å². The van der Waals surface area contributed by atoms with E-state index in [0.29, 0.717) is 0 Å². The SMILES string of the molecule is CCCC1=Cc2c(-c3ccc(-c4ccccc4)cc3)cccc2C1c1cc(C(C)(C)C)cc2c1[cH-]c1ccc(C(C)(C)C)cc12.[Cl-].[Cl-].[Zr+3].c1ccc([Si]c2ccccc2)cc1. The first-order chi connectivity index (χ1) is 28.0. The molecule has 0 heterocycles. The molecule has 0 amide bonds. The van der Waals surface area contributed by atoms with E-state index in [0.717, 1.165) is 22.4 Å². The topological polar surface area (TPSA) is 0 Å². The second-order valence-corrected chi connectivity index (χ2v) is 19.4. The molecule has 3 radical (unpaired) electrons. The average Bonchev–Trinajstić information content (AvgIpc) is 3.79. The molecule has 0 fully saturated rings. The second kappa shape index (κ2) is 20.3. The first kappa shape index (κ1) is 47.9. The zero-order valence-corrected chi connectivity index (χ0v) is 41.5. The molecular weight excluding hydrogens is 875 g/mol. The first-order valence-corrected chi connectivity index (χ1v) is 22.0. The molecule has 0 N–H and O–H groups in total. The van der Waals surface area contributed by atoms with Crippen molar-refractivity contribution in [3.63, 3.8) is 0 Å². The van der Waals surface area contributed by atoms with Crippen LogP contribution in [0, 0.1) is 0 Å². The van der Waals surface area contributed by atoms with E-state index in [2.05, 4.69) is 224 Å². The van der Waals surface area contributed by atoms with Gasteiger partial charge in [0.2, 0.25) is 0 Å². The largest absolute Gasteiger partial charge is 3.00 e. The van der Waals surface area contributed by atoms with Crippen LogP contribution in [0.1, 0.15) is 95.0 Å². The molecule has 0 saturated heterocycles. The van der Waals surface area contributed by atoms with E-state index in [-0.39, 0.29) is 67.8 Å². The minimum absolute atomic E-state index is 0. The number of allylic oxidation sites excluding steroid dienone is 1. The molecule has 0 aliphatic heterocycles. The molecule has 9 rings (SSSR count). The molecule has 8 aromatic rings. The van der Waals surface area contributed by atoms with Crippen molar-refractivity contribution in [1.29, 1.82) is 0 Å². The molecule has 0 spiro atoms. The Morgan fingerprint density at radius 1 is 0.525 bits per heavy atom. The molecule has 1 aliphatic carbocycles. The fraction of sp³-hybridized carbons (Fsp3) is 0.211. The van der Waals surface area contributed by atoms with Gasteiger partial charge in [0.1, 0.15) is 9.52 Å². The summed E-state index contributed by atoms with van der Waals surface area (Å²) < 4.78 is 0. The van der Waals surface area contributed by atoms with Crippen LogP contribution in [-0.2, 0) is 37.0 Å². The van der Waals surface area contributed by atoms with E-state index >= 15 is 0 Å². The smallest absolute Gasteiger partial charge is 1.00 e.